The molecular formula is C11H15F3N2O5S. The Labute approximate surface area is 124 Å². The van der Waals surface area contributed by atoms with Gasteiger partial charge in [0, 0.05) is 0 Å². The topological polar surface area (TPSA) is 119 Å². The highest BCUT2D eigenvalue weighted by Gasteiger charge is 2.38. The highest BCUT2D eigenvalue weighted by atomic mass is 32.2. The van der Waals surface area contributed by atoms with Gasteiger partial charge in [-0.05, 0) is 31.9 Å². The second-order valence-electron chi connectivity index (χ2n) is 4.19. The molecule has 0 saturated carbocycles. The number of carboxylic acids is 1. The number of alkyl halides is 3. The molecule has 126 valence electrons. The highest BCUT2D eigenvalue weighted by molar-refractivity contribution is 7.86. The largest absolute Gasteiger partial charge is 0.490 e. The molecule has 7 nitrogen and oxygen atoms in total. The summed E-state index contributed by atoms with van der Waals surface area (Å²) in [5, 5.41) is 7.12. The molecule has 4 N–H and O–H groups in total. The molecular weight excluding hydrogens is 329 g/mol. The first-order chi connectivity index (χ1) is 9.82. The molecule has 0 heterocycles. The van der Waals surface area contributed by atoms with Gasteiger partial charge in [0.1, 0.15) is 4.90 Å². The second kappa shape index (κ2) is 7.54. The van der Waals surface area contributed by atoms with Crippen molar-refractivity contribution in [3.63, 3.8) is 0 Å². The van der Waals surface area contributed by atoms with E-state index in [1.807, 2.05) is 6.92 Å². The van der Waals surface area contributed by atoms with E-state index < -0.39 is 22.3 Å². The maximum Gasteiger partial charge on any atom is 0.490 e. The number of aliphatic carboxylic acids is 1. The standard InChI is InChI=1S/C9H14N2O3S.C2HF3O2/c1-6-4-7(2)9(8(3)5-6)15(12,13)14-11-10;3-2(4,5)1(6)7/h4-5,11H,10H2,1-3H3;(H,6,7). The van der Waals surface area contributed by atoms with Crippen molar-refractivity contribution in [1.82, 2.24) is 5.59 Å². The van der Waals surface area contributed by atoms with Gasteiger partial charge in [-0.1, -0.05) is 17.7 Å². The minimum absolute atomic E-state index is 0.158. The van der Waals surface area contributed by atoms with Crippen LogP contribution in [0.4, 0.5) is 13.2 Å². The van der Waals surface area contributed by atoms with E-state index in [9.17, 15) is 21.6 Å². The normalized spacial score (nSPS) is 11.6. The zero-order valence-electron chi connectivity index (χ0n) is 11.9. The molecule has 1 rings (SSSR count). The Morgan fingerprint density at radius 1 is 1.23 bits per heavy atom. The van der Waals surface area contributed by atoms with Crippen LogP contribution in [0.5, 0.6) is 0 Å². The van der Waals surface area contributed by atoms with E-state index in [1.54, 1.807) is 31.6 Å². The number of hydrogen-bond donors (Lipinski definition) is 3. The number of hydrazine groups is 1. The Balaban J connectivity index is 0.000000534. The van der Waals surface area contributed by atoms with Crippen LogP contribution >= 0.6 is 0 Å². The number of nitrogens with one attached hydrogen (secondary N) is 1. The van der Waals surface area contributed by atoms with Crippen molar-refractivity contribution < 1.29 is 35.8 Å². The Morgan fingerprint density at radius 3 is 1.86 bits per heavy atom. The average Bonchev–Trinajstić information content (AvgIpc) is 2.25. The summed E-state index contributed by atoms with van der Waals surface area (Å²) in [6, 6.07) is 3.56. The maximum atomic E-state index is 11.6. The van der Waals surface area contributed by atoms with Gasteiger partial charge < -0.3 is 5.11 Å². The number of nitrogens with two attached hydrogens (primary N) is 1. The van der Waals surface area contributed by atoms with Gasteiger partial charge in [-0.3, -0.25) is 0 Å². The minimum Gasteiger partial charge on any atom is -0.475 e. The minimum atomic E-state index is -5.08. The molecule has 0 aliphatic rings. The van der Waals surface area contributed by atoms with Crippen LogP contribution in [0.15, 0.2) is 17.0 Å². The van der Waals surface area contributed by atoms with E-state index in [0.29, 0.717) is 11.1 Å². The molecule has 22 heavy (non-hydrogen) atoms. The van der Waals surface area contributed by atoms with Gasteiger partial charge in [-0.2, -0.15) is 25.9 Å². The summed E-state index contributed by atoms with van der Waals surface area (Å²) in [7, 11) is -3.82. The molecule has 11 heteroatoms. The molecule has 0 saturated heterocycles. The third-order valence-electron chi connectivity index (χ3n) is 2.25. The Kier molecular flexibility index (Phi) is 6.96. The number of rotatable bonds is 3. The van der Waals surface area contributed by atoms with Crippen molar-refractivity contribution in [2.24, 2.45) is 5.84 Å². The van der Waals surface area contributed by atoms with Crippen LogP contribution in [-0.2, 0) is 19.2 Å². The van der Waals surface area contributed by atoms with E-state index in [1.165, 1.54) is 0 Å². The van der Waals surface area contributed by atoms with Crippen LogP contribution in [0.3, 0.4) is 0 Å². The maximum absolute atomic E-state index is 11.6. The molecule has 0 radical (unpaired) electrons. The Hall–Kier alpha value is -1.69. The smallest absolute Gasteiger partial charge is 0.475 e. The summed E-state index contributed by atoms with van der Waals surface area (Å²) in [6.07, 6.45) is -5.08. The average molecular weight is 344 g/mol. The van der Waals surface area contributed by atoms with Crippen molar-refractivity contribution in [3.05, 3.63) is 28.8 Å². The molecule has 0 spiro atoms. The number of hydrogen-bond acceptors (Lipinski definition) is 6. The first-order valence-electron chi connectivity index (χ1n) is 5.60. The lowest BCUT2D eigenvalue weighted by atomic mass is 10.1. The van der Waals surface area contributed by atoms with E-state index in [2.05, 4.69) is 4.28 Å². The van der Waals surface area contributed by atoms with Crippen molar-refractivity contribution in [2.75, 3.05) is 0 Å². The Bertz CT molecular complexity index is 621. The molecule has 1 aromatic rings. The van der Waals surface area contributed by atoms with E-state index >= 15 is 0 Å². The van der Waals surface area contributed by atoms with E-state index in [4.69, 9.17) is 15.7 Å². The summed E-state index contributed by atoms with van der Waals surface area (Å²) in [4.78, 5) is 9.05. The molecule has 0 aliphatic heterocycles. The zero-order valence-corrected chi connectivity index (χ0v) is 12.7. The summed E-state index contributed by atoms with van der Waals surface area (Å²) < 4.78 is 59.3. The summed E-state index contributed by atoms with van der Waals surface area (Å²) in [5.41, 5.74) is 3.97. The van der Waals surface area contributed by atoms with Gasteiger partial charge in [0.05, 0.1) is 0 Å². The van der Waals surface area contributed by atoms with Crippen LogP contribution in [-0.4, -0.2) is 25.7 Å². The lowest BCUT2D eigenvalue weighted by Crippen LogP contribution is -2.27. The monoisotopic (exact) mass is 344 g/mol. The fourth-order valence-corrected chi connectivity index (χ4v) is 2.78. The van der Waals surface area contributed by atoms with Crippen molar-refractivity contribution >= 4 is 16.1 Å². The van der Waals surface area contributed by atoms with Crippen LogP contribution in [0.2, 0.25) is 0 Å². The lowest BCUT2D eigenvalue weighted by molar-refractivity contribution is -0.192. The van der Waals surface area contributed by atoms with Gasteiger partial charge in [0.2, 0.25) is 0 Å². The van der Waals surface area contributed by atoms with Gasteiger partial charge in [-0.15, -0.1) is 5.59 Å². The second-order valence-corrected chi connectivity index (χ2v) is 5.67. The fraction of sp³-hybridized carbons (Fsp3) is 0.364. The highest BCUT2D eigenvalue weighted by Crippen LogP contribution is 2.22. The fourth-order valence-electron chi connectivity index (χ4n) is 1.67. The summed E-state index contributed by atoms with van der Waals surface area (Å²) in [6.45, 7) is 5.33. The zero-order chi connectivity index (χ0) is 17.7. The molecule has 0 amide bonds. The number of halogens is 3. The van der Waals surface area contributed by atoms with E-state index in [0.717, 1.165) is 5.56 Å². The predicted octanol–water partition coefficient (Wildman–Crippen LogP) is 1.33. The predicted molar refractivity (Wildman–Crippen MR) is 69.9 cm³/mol. The first-order valence-corrected chi connectivity index (χ1v) is 7.00. The molecule has 0 aromatic heterocycles. The molecule has 1 aromatic carbocycles. The third kappa shape index (κ3) is 5.97. The van der Waals surface area contributed by atoms with Gasteiger partial charge in [0.25, 0.3) is 0 Å². The molecule has 0 unspecified atom stereocenters. The van der Waals surface area contributed by atoms with Gasteiger partial charge >= 0.3 is 22.3 Å². The Morgan fingerprint density at radius 2 is 1.59 bits per heavy atom. The number of carboxylic acid groups (broad SMARTS) is 1. The molecule has 0 aliphatic carbocycles. The molecule has 0 fully saturated rings. The SMILES string of the molecule is Cc1cc(C)c(S(=O)(=O)ONN)c(C)c1.O=C(O)C(F)(F)F. The first kappa shape index (κ1) is 20.3. The van der Waals surface area contributed by atoms with Gasteiger partial charge in [-0.25, -0.2) is 10.6 Å². The number of aryl methyl sites for hydroxylation is 3. The van der Waals surface area contributed by atoms with Crippen LogP contribution in [0, 0.1) is 20.8 Å². The van der Waals surface area contributed by atoms with Crippen molar-refractivity contribution in [3.8, 4) is 0 Å². The van der Waals surface area contributed by atoms with Crippen molar-refractivity contribution in [2.45, 2.75) is 31.8 Å². The van der Waals surface area contributed by atoms with Crippen molar-refractivity contribution in [1.29, 1.82) is 0 Å². The van der Waals surface area contributed by atoms with Crippen LogP contribution in [0.25, 0.3) is 0 Å². The molecule has 0 atom stereocenters. The lowest BCUT2D eigenvalue weighted by Gasteiger charge is -2.10. The quantitative estimate of drug-likeness (QED) is 0.559. The van der Waals surface area contributed by atoms with Gasteiger partial charge in [0.15, 0.2) is 0 Å². The summed E-state index contributed by atoms with van der Waals surface area (Å²) in [5.74, 6) is 2.07. The van der Waals surface area contributed by atoms with E-state index in [-0.39, 0.29) is 4.90 Å². The molecule has 0 bridgehead atoms. The number of benzene rings is 1. The van der Waals surface area contributed by atoms with Crippen LogP contribution in [0.1, 0.15) is 16.7 Å². The third-order valence-corrected chi connectivity index (χ3v) is 3.71. The number of carbonyl (C=O) groups is 1. The summed E-state index contributed by atoms with van der Waals surface area (Å²) >= 11 is 0. The van der Waals surface area contributed by atoms with Crippen LogP contribution < -0.4 is 11.4 Å².